The van der Waals surface area contributed by atoms with E-state index in [0.717, 1.165) is 46.3 Å². The molecule has 6 nitrogen and oxygen atoms in total. The Morgan fingerprint density at radius 1 is 1.24 bits per heavy atom. The Balaban J connectivity index is 1.44. The van der Waals surface area contributed by atoms with Crippen LogP contribution in [0.2, 0.25) is 9.36 Å². The lowest BCUT2D eigenvalue weighted by Crippen LogP contribution is -2.25. The first-order chi connectivity index (χ1) is 16.0. The molecule has 0 bridgehead atoms. The lowest BCUT2D eigenvalue weighted by Gasteiger charge is -2.15. The summed E-state index contributed by atoms with van der Waals surface area (Å²) >= 11 is 14.2. The second-order valence-corrected chi connectivity index (χ2v) is 9.80. The SMILES string of the molecule is Cc1cc(-c2ncsc2Cl)c2cccc(OCc3c(Cl)ccnc3CNC(=O)C3CC3)c2n1. The summed E-state index contributed by atoms with van der Waals surface area (Å²) in [5, 5.41) is 4.39. The van der Waals surface area contributed by atoms with E-state index in [2.05, 4.69) is 15.3 Å². The van der Waals surface area contributed by atoms with Gasteiger partial charge in [-0.1, -0.05) is 35.3 Å². The van der Waals surface area contributed by atoms with Crippen LogP contribution in [0.3, 0.4) is 0 Å². The van der Waals surface area contributed by atoms with Crippen LogP contribution < -0.4 is 10.1 Å². The number of ether oxygens (including phenoxy) is 1. The van der Waals surface area contributed by atoms with Crippen molar-refractivity contribution in [1.29, 1.82) is 0 Å². The zero-order valence-electron chi connectivity index (χ0n) is 17.8. The van der Waals surface area contributed by atoms with Crippen molar-refractivity contribution in [2.24, 2.45) is 5.92 Å². The minimum atomic E-state index is 0.0607. The molecule has 0 saturated heterocycles. The normalized spacial score (nSPS) is 13.3. The number of carbonyl (C=O) groups excluding carboxylic acids is 1. The number of aromatic nitrogens is 3. The third-order valence-corrected chi connectivity index (χ3v) is 6.96. The topological polar surface area (TPSA) is 77.0 Å². The fraction of sp³-hybridized carbons (Fsp3) is 0.250. The van der Waals surface area contributed by atoms with Gasteiger partial charge in [-0.3, -0.25) is 9.78 Å². The zero-order valence-corrected chi connectivity index (χ0v) is 20.1. The molecule has 0 atom stereocenters. The van der Waals surface area contributed by atoms with Gasteiger partial charge in [0.15, 0.2) is 0 Å². The number of amides is 1. The zero-order chi connectivity index (χ0) is 22.9. The Morgan fingerprint density at radius 2 is 2.09 bits per heavy atom. The van der Waals surface area contributed by atoms with Gasteiger partial charge in [-0.25, -0.2) is 9.97 Å². The molecule has 9 heteroatoms. The van der Waals surface area contributed by atoms with Gasteiger partial charge in [-0.2, -0.15) is 0 Å². The largest absolute Gasteiger partial charge is 0.486 e. The van der Waals surface area contributed by atoms with E-state index >= 15 is 0 Å². The molecule has 1 aliphatic carbocycles. The molecule has 1 aliphatic rings. The molecule has 1 saturated carbocycles. The second kappa shape index (κ2) is 9.25. The van der Waals surface area contributed by atoms with Gasteiger partial charge in [0.1, 0.15) is 27.9 Å². The van der Waals surface area contributed by atoms with E-state index in [9.17, 15) is 4.79 Å². The van der Waals surface area contributed by atoms with Crippen LogP contribution in [-0.4, -0.2) is 20.9 Å². The lowest BCUT2D eigenvalue weighted by atomic mass is 10.0. The Labute approximate surface area is 205 Å². The van der Waals surface area contributed by atoms with Gasteiger partial charge in [0.25, 0.3) is 0 Å². The number of hydrogen-bond donors (Lipinski definition) is 1. The molecule has 0 spiro atoms. The fourth-order valence-electron chi connectivity index (χ4n) is 3.69. The van der Waals surface area contributed by atoms with Gasteiger partial charge in [-0.15, -0.1) is 11.3 Å². The van der Waals surface area contributed by atoms with E-state index in [-0.39, 0.29) is 18.4 Å². The quantitative estimate of drug-likeness (QED) is 0.339. The maximum atomic E-state index is 12.1. The van der Waals surface area contributed by atoms with Gasteiger partial charge in [0.2, 0.25) is 5.91 Å². The molecule has 5 rings (SSSR count). The van der Waals surface area contributed by atoms with Crippen molar-refractivity contribution >= 4 is 51.3 Å². The highest BCUT2D eigenvalue weighted by atomic mass is 35.5. The number of para-hydroxylation sites is 1. The Hall–Kier alpha value is -2.74. The standard InChI is InChI=1S/C24H20Cl2N4O2S/c1-13-9-16(22-23(26)33-12-29-22)15-3-2-4-20(21(15)30-13)32-11-17-18(25)7-8-27-19(17)10-28-24(31)14-5-6-14/h2-4,7-9,12,14H,5-6,10-11H2,1H3,(H,28,31). The molecule has 3 heterocycles. The molecule has 1 aromatic carbocycles. The number of thiazole rings is 1. The van der Waals surface area contributed by atoms with Crippen molar-refractivity contribution < 1.29 is 9.53 Å². The van der Waals surface area contributed by atoms with Crippen molar-refractivity contribution in [1.82, 2.24) is 20.3 Å². The molecule has 1 amide bonds. The number of nitrogens with one attached hydrogen (secondary N) is 1. The molecule has 1 fully saturated rings. The number of halogens is 2. The second-order valence-electron chi connectivity index (χ2n) is 7.94. The maximum absolute atomic E-state index is 12.1. The first kappa shape index (κ1) is 22.1. The van der Waals surface area contributed by atoms with E-state index in [4.69, 9.17) is 32.9 Å². The molecule has 168 valence electrons. The number of carbonyl (C=O) groups is 1. The van der Waals surface area contributed by atoms with Gasteiger partial charge in [-0.05, 0) is 38.0 Å². The number of fused-ring (bicyclic) bond motifs is 1. The van der Waals surface area contributed by atoms with Crippen molar-refractivity contribution in [3.05, 3.63) is 68.3 Å². The first-order valence-electron chi connectivity index (χ1n) is 10.5. The van der Waals surface area contributed by atoms with Crippen molar-refractivity contribution in [3.8, 4) is 17.0 Å². The minimum Gasteiger partial charge on any atom is -0.486 e. The van der Waals surface area contributed by atoms with Gasteiger partial charge >= 0.3 is 0 Å². The molecular formula is C24H20Cl2N4O2S. The number of aryl methyl sites for hydroxylation is 1. The summed E-state index contributed by atoms with van der Waals surface area (Å²) in [5.41, 5.74) is 6.36. The van der Waals surface area contributed by atoms with Crippen LogP contribution in [0.4, 0.5) is 0 Å². The summed E-state index contributed by atoms with van der Waals surface area (Å²) in [6.07, 6.45) is 3.54. The predicted octanol–water partition coefficient (Wildman–Crippen LogP) is 5.97. The van der Waals surface area contributed by atoms with Gasteiger partial charge in [0.05, 0.1) is 22.8 Å². The number of pyridine rings is 2. The monoisotopic (exact) mass is 498 g/mol. The molecule has 0 radical (unpaired) electrons. The van der Waals surface area contributed by atoms with Gasteiger partial charge in [0, 0.05) is 34.3 Å². The van der Waals surface area contributed by atoms with Crippen molar-refractivity contribution in [2.75, 3.05) is 0 Å². The smallest absolute Gasteiger partial charge is 0.223 e. The van der Waals surface area contributed by atoms with E-state index < -0.39 is 0 Å². The summed E-state index contributed by atoms with van der Waals surface area (Å²) in [4.78, 5) is 25.6. The molecule has 4 aromatic rings. The third-order valence-electron chi connectivity index (χ3n) is 5.55. The van der Waals surface area contributed by atoms with Crippen molar-refractivity contribution in [3.63, 3.8) is 0 Å². The molecule has 1 N–H and O–H groups in total. The van der Waals surface area contributed by atoms with Crippen LogP contribution in [0.5, 0.6) is 5.75 Å². The number of rotatable bonds is 7. The van der Waals surface area contributed by atoms with Crippen LogP contribution in [0.1, 0.15) is 29.8 Å². The summed E-state index contributed by atoms with van der Waals surface area (Å²) in [6.45, 7) is 2.44. The van der Waals surface area contributed by atoms with E-state index in [1.54, 1.807) is 17.8 Å². The molecule has 3 aromatic heterocycles. The highest BCUT2D eigenvalue weighted by Gasteiger charge is 2.29. The summed E-state index contributed by atoms with van der Waals surface area (Å²) < 4.78 is 6.83. The molecule has 0 unspecified atom stereocenters. The van der Waals surface area contributed by atoms with Crippen LogP contribution in [0.15, 0.2) is 42.0 Å². The number of nitrogens with zero attached hydrogens (tertiary/aromatic N) is 3. The van der Waals surface area contributed by atoms with E-state index in [0.29, 0.717) is 27.3 Å². The Morgan fingerprint density at radius 3 is 2.85 bits per heavy atom. The van der Waals surface area contributed by atoms with Crippen LogP contribution in [0.25, 0.3) is 22.2 Å². The Kier molecular flexibility index (Phi) is 6.19. The average molecular weight is 499 g/mol. The number of hydrogen-bond acceptors (Lipinski definition) is 6. The Bertz CT molecular complexity index is 1350. The van der Waals surface area contributed by atoms with Gasteiger partial charge < -0.3 is 10.1 Å². The maximum Gasteiger partial charge on any atom is 0.223 e. The van der Waals surface area contributed by atoms with Crippen LogP contribution >= 0.6 is 34.5 Å². The minimum absolute atomic E-state index is 0.0607. The average Bonchev–Trinajstić information content (AvgIpc) is 3.57. The highest BCUT2D eigenvalue weighted by Crippen LogP contribution is 2.37. The molecule has 33 heavy (non-hydrogen) atoms. The molecular weight excluding hydrogens is 479 g/mol. The summed E-state index contributed by atoms with van der Waals surface area (Å²) in [6, 6.07) is 9.47. The fourth-order valence-corrected chi connectivity index (χ4v) is 4.71. The van der Waals surface area contributed by atoms with Crippen LogP contribution in [-0.2, 0) is 17.9 Å². The van der Waals surface area contributed by atoms with Crippen molar-refractivity contribution in [2.45, 2.75) is 32.9 Å². The van der Waals surface area contributed by atoms with E-state index in [1.807, 2.05) is 31.2 Å². The van der Waals surface area contributed by atoms with E-state index in [1.165, 1.54) is 11.3 Å². The third kappa shape index (κ3) is 4.67. The van der Waals surface area contributed by atoms with Crippen LogP contribution in [0, 0.1) is 12.8 Å². The highest BCUT2D eigenvalue weighted by molar-refractivity contribution is 7.14. The summed E-state index contributed by atoms with van der Waals surface area (Å²) in [5.74, 6) is 0.816. The number of benzene rings is 1. The lowest BCUT2D eigenvalue weighted by molar-refractivity contribution is -0.122. The first-order valence-corrected chi connectivity index (χ1v) is 12.2. The summed E-state index contributed by atoms with van der Waals surface area (Å²) in [7, 11) is 0. The predicted molar refractivity (Wildman–Crippen MR) is 131 cm³/mol. The molecule has 0 aliphatic heterocycles.